The number of carboxylic acid groups (broad SMARTS) is 1. The zero-order valence-electron chi connectivity index (χ0n) is 11.2. The largest absolute Gasteiger partial charge is 0.481 e. The number of nitrogens with one attached hydrogen (secondary N) is 1. The smallest absolute Gasteiger partial charge is 0.303 e. The lowest BCUT2D eigenvalue weighted by atomic mass is 10.1. The Hall–Kier alpha value is -2.18. The number of carbonyl (C=O) groups is 2. The number of carboxylic acids is 1. The minimum Gasteiger partial charge on any atom is -0.481 e. The van der Waals surface area contributed by atoms with E-state index >= 15 is 0 Å². The molecule has 0 aliphatic carbocycles. The molecule has 7 heteroatoms. The second-order valence-corrected chi connectivity index (χ2v) is 4.77. The van der Waals surface area contributed by atoms with Crippen LogP contribution in [0.2, 0.25) is 0 Å². The number of aliphatic carboxylic acids is 1. The van der Waals surface area contributed by atoms with Gasteiger partial charge in [0.2, 0.25) is 11.9 Å². The van der Waals surface area contributed by atoms with E-state index in [4.69, 9.17) is 5.11 Å². The van der Waals surface area contributed by atoms with Crippen molar-refractivity contribution >= 4 is 17.8 Å². The van der Waals surface area contributed by atoms with Crippen LogP contribution in [0.4, 0.5) is 5.95 Å². The Morgan fingerprint density at radius 2 is 1.90 bits per heavy atom. The van der Waals surface area contributed by atoms with Gasteiger partial charge in [-0.2, -0.15) is 0 Å². The maximum Gasteiger partial charge on any atom is 0.303 e. The highest BCUT2D eigenvalue weighted by molar-refractivity contribution is 5.80. The van der Waals surface area contributed by atoms with Crippen molar-refractivity contribution in [2.24, 2.45) is 0 Å². The number of hydrogen-bond acceptors (Lipinski definition) is 5. The first-order chi connectivity index (χ1) is 9.65. The van der Waals surface area contributed by atoms with Gasteiger partial charge in [-0.15, -0.1) is 0 Å². The third-order valence-electron chi connectivity index (χ3n) is 3.26. The summed E-state index contributed by atoms with van der Waals surface area (Å²) in [7, 11) is 0. The maximum absolute atomic E-state index is 11.6. The molecule has 0 atom stereocenters. The molecule has 2 heterocycles. The maximum atomic E-state index is 11.6. The van der Waals surface area contributed by atoms with E-state index in [-0.39, 0.29) is 24.8 Å². The van der Waals surface area contributed by atoms with Crippen LogP contribution in [0.3, 0.4) is 0 Å². The van der Waals surface area contributed by atoms with E-state index in [1.165, 1.54) is 0 Å². The van der Waals surface area contributed by atoms with Crippen molar-refractivity contribution in [2.75, 3.05) is 18.0 Å². The molecule has 1 aromatic rings. The van der Waals surface area contributed by atoms with Gasteiger partial charge in [-0.05, 0) is 18.9 Å². The molecular formula is C13H18N4O3. The molecule has 0 bridgehead atoms. The molecule has 20 heavy (non-hydrogen) atoms. The Bertz CT molecular complexity index is 458. The Labute approximate surface area is 117 Å². The summed E-state index contributed by atoms with van der Waals surface area (Å²) in [5.74, 6) is -0.429. The number of carbonyl (C=O) groups excluding carboxylic acids is 1. The molecule has 1 amide bonds. The second kappa shape index (κ2) is 6.83. The quantitative estimate of drug-likeness (QED) is 0.810. The number of amides is 1. The predicted octanol–water partition coefficient (Wildman–Crippen LogP) is 0.426. The van der Waals surface area contributed by atoms with Crippen molar-refractivity contribution in [1.82, 2.24) is 15.3 Å². The van der Waals surface area contributed by atoms with E-state index in [1.54, 1.807) is 18.5 Å². The summed E-state index contributed by atoms with van der Waals surface area (Å²) in [6.45, 7) is 1.57. The lowest BCUT2D eigenvalue weighted by molar-refractivity contribution is -0.138. The number of rotatable bonds is 5. The first-order valence-corrected chi connectivity index (χ1v) is 6.68. The lowest BCUT2D eigenvalue weighted by Gasteiger charge is -2.32. The zero-order chi connectivity index (χ0) is 14.4. The van der Waals surface area contributed by atoms with E-state index in [1.807, 2.05) is 0 Å². The van der Waals surface area contributed by atoms with Crippen molar-refractivity contribution < 1.29 is 14.7 Å². The van der Waals surface area contributed by atoms with Gasteiger partial charge >= 0.3 is 5.97 Å². The van der Waals surface area contributed by atoms with E-state index in [0.717, 1.165) is 25.9 Å². The molecule has 108 valence electrons. The highest BCUT2D eigenvalue weighted by Crippen LogP contribution is 2.15. The van der Waals surface area contributed by atoms with E-state index in [0.29, 0.717) is 5.95 Å². The van der Waals surface area contributed by atoms with Crippen LogP contribution >= 0.6 is 0 Å². The molecule has 2 rings (SSSR count). The van der Waals surface area contributed by atoms with Crippen LogP contribution in [0, 0.1) is 0 Å². The topological polar surface area (TPSA) is 95.4 Å². The van der Waals surface area contributed by atoms with Gasteiger partial charge in [0.15, 0.2) is 0 Å². The van der Waals surface area contributed by atoms with Crippen LogP contribution in [0.1, 0.15) is 25.7 Å². The number of anilines is 1. The molecule has 1 aromatic heterocycles. The van der Waals surface area contributed by atoms with Crippen molar-refractivity contribution in [3.8, 4) is 0 Å². The molecule has 0 unspecified atom stereocenters. The number of piperidine rings is 1. The van der Waals surface area contributed by atoms with Crippen LogP contribution in [0.15, 0.2) is 18.5 Å². The minimum absolute atomic E-state index is 0.0390. The van der Waals surface area contributed by atoms with Crippen molar-refractivity contribution in [3.05, 3.63) is 18.5 Å². The fourth-order valence-corrected chi connectivity index (χ4v) is 2.20. The zero-order valence-corrected chi connectivity index (χ0v) is 11.2. The predicted molar refractivity (Wildman–Crippen MR) is 72.3 cm³/mol. The van der Waals surface area contributed by atoms with Gasteiger partial charge in [-0.3, -0.25) is 9.59 Å². The Morgan fingerprint density at radius 3 is 2.50 bits per heavy atom. The highest BCUT2D eigenvalue weighted by Gasteiger charge is 2.22. The second-order valence-electron chi connectivity index (χ2n) is 4.77. The van der Waals surface area contributed by atoms with Gasteiger partial charge in [-0.1, -0.05) is 0 Å². The lowest BCUT2D eigenvalue weighted by Crippen LogP contribution is -2.45. The number of hydrogen-bond donors (Lipinski definition) is 2. The first-order valence-electron chi connectivity index (χ1n) is 6.68. The summed E-state index contributed by atoms with van der Waals surface area (Å²) in [4.78, 5) is 32.4. The van der Waals surface area contributed by atoms with Crippen LogP contribution < -0.4 is 10.2 Å². The third-order valence-corrected chi connectivity index (χ3v) is 3.26. The first kappa shape index (κ1) is 14.2. The van der Waals surface area contributed by atoms with Crippen LogP contribution in [-0.4, -0.2) is 46.1 Å². The highest BCUT2D eigenvalue weighted by atomic mass is 16.4. The average molecular weight is 278 g/mol. The Balaban J connectivity index is 1.74. The molecule has 1 fully saturated rings. The third kappa shape index (κ3) is 4.18. The summed E-state index contributed by atoms with van der Waals surface area (Å²) in [6.07, 6.45) is 4.97. The van der Waals surface area contributed by atoms with Crippen molar-refractivity contribution in [2.45, 2.75) is 31.7 Å². The van der Waals surface area contributed by atoms with Crippen LogP contribution in [0.5, 0.6) is 0 Å². The Morgan fingerprint density at radius 1 is 1.25 bits per heavy atom. The molecule has 1 aliphatic heterocycles. The van der Waals surface area contributed by atoms with Gasteiger partial charge in [-0.25, -0.2) is 9.97 Å². The minimum atomic E-state index is -0.948. The number of nitrogens with zero attached hydrogens (tertiary/aromatic N) is 3. The molecular weight excluding hydrogens is 260 g/mol. The summed E-state index contributed by atoms with van der Waals surface area (Å²) >= 11 is 0. The standard InChI is InChI=1S/C13H18N4O3/c18-11(2-3-12(19)20)16-10-4-8-17(9-5-10)13-14-6-1-7-15-13/h1,6-7,10H,2-5,8-9H2,(H,16,18)(H,19,20). The fourth-order valence-electron chi connectivity index (χ4n) is 2.20. The summed E-state index contributed by atoms with van der Waals surface area (Å²) in [6, 6.07) is 1.88. The molecule has 0 spiro atoms. The van der Waals surface area contributed by atoms with E-state index < -0.39 is 5.97 Å². The molecule has 2 N–H and O–H groups in total. The van der Waals surface area contributed by atoms with E-state index in [2.05, 4.69) is 20.2 Å². The molecule has 1 saturated heterocycles. The normalized spacial score (nSPS) is 15.9. The summed E-state index contributed by atoms with van der Waals surface area (Å²) < 4.78 is 0. The fraction of sp³-hybridized carbons (Fsp3) is 0.538. The van der Waals surface area contributed by atoms with Gasteiger partial charge in [0.05, 0.1) is 6.42 Å². The van der Waals surface area contributed by atoms with Crippen molar-refractivity contribution in [1.29, 1.82) is 0 Å². The van der Waals surface area contributed by atoms with Gasteiger partial charge in [0.1, 0.15) is 0 Å². The molecule has 0 saturated carbocycles. The summed E-state index contributed by atoms with van der Waals surface area (Å²) in [5.41, 5.74) is 0. The molecule has 0 radical (unpaired) electrons. The van der Waals surface area contributed by atoms with Crippen LogP contribution in [0.25, 0.3) is 0 Å². The summed E-state index contributed by atoms with van der Waals surface area (Å²) in [5, 5.41) is 11.4. The van der Waals surface area contributed by atoms with Gasteiger partial charge < -0.3 is 15.3 Å². The van der Waals surface area contributed by atoms with E-state index in [9.17, 15) is 9.59 Å². The molecule has 7 nitrogen and oxygen atoms in total. The number of aromatic nitrogens is 2. The Kier molecular flexibility index (Phi) is 4.86. The average Bonchev–Trinajstić information content (AvgIpc) is 2.47. The van der Waals surface area contributed by atoms with Gasteiger partial charge in [0, 0.05) is 37.9 Å². The van der Waals surface area contributed by atoms with Crippen molar-refractivity contribution in [3.63, 3.8) is 0 Å². The monoisotopic (exact) mass is 278 g/mol. The molecule has 1 aliphatic rings. The van der Waals surface area contributed by atoms with Crippen LogP contribution in [-0.2, 0) is 9.59 Å². The molecule has 0 aromatic carbocycles. The van der Waals surface area contributed by atoms with Gasteiger partial charge in [0.25, 0.3) is 0 Å². The SMILES string of the molecule is O=C(O)CCC(=O)NC1CCN(c2ncccn2)CC1.